The minimum absolute atomic E-state index is 0.263. The highest BCUT2D eigenvalue weighted by Crippen LogP contribution is 2.26. The maximum Gasteiger partial charge on any atom is 0.165 e. The van der Waals surface area contributed by atoms with Gasteiger partial charge in [0.25, 0.3) is 0 Å². The first-order chi connectivity index (χ1) is 7.65. The fraction of sp³-hybridized carbons (Fsp3) is 0.0909. The van der Waals surface area contributed by atoms with E-state index in [4.69, 9.17) is 4.74 Å². The number of hydrogen-bond donors (Lipinski definition) is 0. The molecule has 0 aliphatic rings. The van der Waals surface area contributed by atoms with Gasteiger partial charge in [0, 0.05) is 9.35 Å². The third-order valence-electron chi connectivity index (χ3n) is 1.89. The van der Waals surface area contributed by atoms with Gasteiger partial charge in [-0.1, -0.05) is 15.9 Å². The molecule has 0 bridgehead atoms. The molecule has 1 heterocycles. The fourth-order valence-corrected chi connectivity index (χ4v) is 2.90. The molecule has 1 aromatic carbocycles. The van der Waals surface area contributed by atoms with Crippen LogP contribution in [0.25, 0.3) is 0 Å². The van der Waals surface area contributed by atoms with Gasteiger partial charge in [0.1, 0.15) is 6.61 Å². The summed E-state index contributed by atoms with van der Waals surface area (Å²) in [6, 6.07) is 8.54. The Morgan fingerprint density at radius 3 is 2.69 bits per heavy atom. The normalized spacial score (nSPS) is 10.4. The SMILES string of the molecule is Fc1ccc(Br)cc1OCc1ccc(Br)s1. The molecule has 0 aliphatic heterocycles. The monoisotopic (exact) mass is 364 g/mol. The predicted octanol–water partition coefficient (Wildman–Crippen LogP) is 4.99. The van der Waals surface area contributed by atoms with E-state index < -0.39 is 0 Å². The lowest BCUT2D eigenvalue weighted by Gasteiger charge is -2.05. The summed E-state index contributed by atoms with van der Waals surface area (Å²) in [5.74, 6) is -0.0854. The molecule has 0 spiro atoms. The first-order valence-corrected chi connectivity index (χ1v) is 6.87. The van der Waals surface area contributed by atoms with Gasteiger partial charge in [0.2, 0.25) is 0 Å². The van der Waals surface area contributed by atoms with Crippen LogP contribution in [0.15, 0.2) is 38.6 Å². The lowest BCUT2D eigenvalue weighted by molar-refractivity contribution is 0.293. The molecule has 1 nitrogen and oxygen atoms in total. The first kappa shape index (κ1) is 12.1. The van der Waals surface area contributed by atoms with Crippen LogP contribution in [0.3, 0.4) is 0 Å². The van der Waals surface area contributed by atoms with E-state index in [-0.39, 0.29) is 11.6 Å². The molecule has 1 aromatic heterocycles. The second kappa shape index (κ2) is 5.29. The maximum absolute atomic E-state index is 13.3. The van der Waals surface area contributed by atoms with E-state index in [0.717, 1.165) is 13.1 Å². The van der Waals surface area contributed by atoms with Gasteiger partial charge in [-0.15, -0.1) is 11.3 Å². The first-order valence-electron chi connectivity index (χ1n) is 4.47. The number of halogens is 3. The minimum Gasteiger partial charge on any atom is -0.485 e. The summed E-state index contributed by atoms with van der Waals surface area (Å²) in [6.07, 6.45) is 0. The van der Waals surface area contributed by atoms with Gasteiger partial charge in [-0.05, 0) is 46.3 Å². The summed E-state index contributed by atoms with van der Waals surface area (Å²) in [7, 11) is 0. The van der Waals surface area contributed by atoms with E-state index in [9.17, 15) is 4.39 Å². The molecule has 0 unspecified atom stereocenters. The summed E-state index contributed by atoms with van der Waals surface area (Å²) >= 11 is 8.22. The van der Waals surface area contributed by atoms with Crippen molar-refractivity contribution in [3.8, 4) is 5.75 Å². The minimum atomic E-state index is -0.348. The van der Waals surface area contributed by atoms with Crippen molar-refractivity contribution < 1.29 is 9.13 Å². The Balaban J connectivity index is 2.07. The Labute approximate surface area is 114 Å². The van der Waals surface area contributed by atoms with Crippen LogP contribution < -0.4 is 4.74 Å². The van der Waals surface area contributed by atoms with Gasteiger partial charge in [-0.25, -0.2) is 4.39 Å². The van der Waals surface area contributed by atoms with Gasteiger partial charge >= 0.3 is 0 Å². The Kier molecular flexibility index (Phi) is 4.00. The van der Waals surface area contributed by atoms with Crippen molar-refractivity contribution in [3.05, 3.63) is 49.3 Å². The van der Waals surface area contributed by atoms with Crippen LogP contribution in [0, 0.1) is 5.82 Å². The third-order valence-corrected chi connectivity index (χ3v) is 3.98. The average molecular weight is 366 g/mol. The highest BCUT2D eigenvalue weighted by molar-refractivity contribution is 9.11. The van der Waals surface area contributed by atoms with Crippen LogP contribution in [0.1, 0.15) is 4.88 Å². The van der Waals surface area contributed by atoms with E-state index in [1.807, 2.05) is 12.1 Å². The van der Waals surface area contributed by atoms with Crippen LogP contribution in [0.2, 0.25) is 0 Å². The van der Waals surface area contributed by atoms with Crippen LogP contribution in [-0.4, -0.2) is 0 Å². The quantitative estimate of drug-likeness (QED) is 0.744. The Morgan fingerprint density at radius 1 is 1.19 bits per heavy atom. The predicted molar refractivity (Wildman–Crippen MR) is 70.5 cm³/mol. The van der Waals surface area contributed by atoms with Crippen molar-refractivity contribution in [1.82, 2.24) is 0 Å². The second-order valence-corrected chi connectivity index (χ2v) is 6.53. The molecule has 0 saturated heterocycles. The summed E-state index contributed by atoms with van der Waals surface area (Å²) < 4.78 is 20.6. The lowest BCUT2D eigenvalue weighted by Crippen LogP contribution is -1.95. The van der Waals surface area contributed by atoms with Crippen molar-refractivity contribution in [2.75, 3.05) is 0 Å². The van der Waals surface area contributed by atoms with Crippen LogP contribution in [-0.2, 0) is 6.61 Å². The van der Waals surface area contributed by atoms with Gasteiger partial charge in [0.05, 0.1) is 3.79 Å². The summed E-state index contributed by atoms with van der Waals surface area (Å²) in [4.78, 5) is 1.05. The molecule has 2 rings (SSSR count). The zero-order valence-electron chi connectivity index (χ0n) is 8.04. The molecular weight excluding hydrogens is 359 g/mol. The summed E-state index contributed by atoms with van der Waals surface area (Å²) in [5.41, 5.74) is 0. The Morgan fingerprint density at radius 2 is 2.00 bits per heavy atom. The largest absolute Gasteiger partial charge is 0.485 e. The molecule has 0 aliphatic carbocycles. The van der Waals surface area contributed by atoms with Crippen molar-refractivity contribution in [2.45, 2.75) is 6.61 Å². The van der Waals surface area contributed by atoms with Crippen LogP contribution in [0.4, 0.5) is 4.39 Å². The lowest BCUT2D eigenvalue weighted by atomic mass is 10.3. The number of hydrogen-bond acceptors (Lipinski definition) is 2. The Bertz CT molecular complexity index is 498. The number of rotatable bonds is 3. The molecule has 0 amide bonds. The van der Waals surface area contributed by atoms with Gasteiger partial charge in [-0.3, -0.25) is 0 Å². The zero-order chi connectivity index (χ0) is 11.5. The van der Waals surface area contributed by atoms with Crippen molar-refractivity contribution >= 4 is 43.2 Å². The highest BCUT2D eigenvalue weighted by atomic mass is 79.9. The smallest absolute Gasteiger partial charge is 0.165 e. The van der Waals surface area contributed by atoms with E-state index in [1.165, 1.54) is 6.07 Å². The van der Waals surface area contributed by atoms with E-state index in [2.05, 4.69) is 31.9 Å². The van der Waals surface area contributed by atoms with Crippen molar-refractivity contribution in [2.24, 2.45) is 0 Å². The summed E-state index contributed by atoms with van der Waals surface area (Å²) in [6.45, 7) is 0.379. The van der Waals surface area contributed by atoms with Gasteiger partial charge in [-0.2, -0.15) is 0 Å². The van der Waals surface area contributed by atoms with Gasteiger partial charge < -0.3 is 4.74 Å². The summed E-state index contributed by atoms with van der Waals surface area (Å²) in [5, 5.41) is 0. The third kappa shape index (κ3) is 3.06. The second-order valence-electron chi connectivity index (χ2n) is 3.07. The molecule has 0 N–H and O–H groups in total. The van der Waals surface area contributed by atoms with Crippen LogP contribution in [0.5, 0.6) is 5.75 Å². The maximum atomic E-state index is 13.3. The number of benzene rings is 1. The molecule has 0 saturated carbocycles. The highest BCUT2D eigenvalue weighted by Gasteiger charge is 2.05. The fourth-order valence-electron chi connectivity index (χ4n) is 1.17. The van der Waals surface area contributed by atoms with Crippen LogP contribution >= 0.6 is 43.2 Å². The molecule has 0 atom stereocenters. The van der Waals surface area contributed by atoms with Crippen molar-refractivity contribution in [1.29, 1.82) is 0 Å². The van der Waals surface area contributed by atoms with Crippen molar-refractivity contribution in [3.63, 3.8) is 0 Å². The number of ether oxygens (including phenoxy) is 1. The zero-order valence-corrected chi connectivity index (χ0v) is 12.0. The number of thiophene rings is 1. The molecule has 0 fully saturated rings. The molecular formula is C11H7Br2FOS. The topological polar surface area (TPSA) is 9.23 Å². The van der Waals surface area contributed by atoms with Gasteiger partial charge in [0.15, 0.2) is 11.6 Å². The molecule has 16 heavy (non-hydrogen) atoms. The van der Waals surface area contributed by atoms with E-state index in [0.29, 0.717) is 6.61 Å². The molecule has 84 valence electrons. The Hall–Kier alpha value is -0.390. The average Bonchev–Trinajstić information content (AvgIpc) is 2.66. The molecule has 5 heteroatoms. The molecule has 2 aromatic rings. The van der Waals surface area contributed by atoms with E-state index >= 15 is 0 Å². The van der Waals surface area contributed by atoms with E-state index in [1.54, 1.807) is 23.5 Å². The molecule has 0 radical (unpaired) electrons. The standard InChI is InChI=1S/C11H7Br2FOS/c12-7-1-3-9(14)10(5-7)15-6-8-2-4-11(13)16-8/h1-5H,6H2.